The predicted octanol–water partition coefficient (Wildman–Crippen LogP) is 3.89. The van der Waals surface area contributed by atoms with Crippen molar-refractivity contribution in [3.8, 4) is 10.9 Å². The first-order valence-corrected chi connectivity index (χ1v) is 7.46. The van der Waals surface area contributed by atoms with Crippen LogP contribution in [0.2, 0.25) is 10.0 Å². The van der Waals surface area contributed by atoms with Crippen molar-refractivity contribution in [1.82, 2.24) is 15.5 Å². The average Bonchev–Trinajstić information content (AvgIpc) is 3.10. The first-order valence-electron chi connectivity index (χ1n) is 5.89. The van der Waals surface area contributed by atoms with Crippen LogP contribution in [0.4, 0.5) is 0 Å². The summed E-state index contributed by atoms with van der Waals surface area (Å²) >= 11 is 13.3. The Morgan fingerprint density at radius 1 is 1.32 bits per heavy atom. The molecule has 1 aromatic heterocycles. The van der Waals surface area contributed by atoms with Crippen molar-refractivity contribution in [3.63, 3.8) is 0 Å². The lowest BCUT2D eigenvalue weighted by Crippen LogP contribution is -2.14. The number of rotatable bonds is 5. The predicted molar refractivity (Wildman–Crippen MR) is 76.3 cm³/mol. The van der Waals surface area contributed by atoms with Gasteiger partial charge in [0.2, 0.25) is 0 Å². The second-order valence-corrected chi connectivity index (χ2v) is 6.16. The van der Waals surface area contributed by atoms with Gasteiger partial charge >= 0.3 is 0 Å². The molecule has 4 nitrogen and oxygen atoms in total. The maximum atomic E-state index is 6.03. The highest BCUT2D eigenvalue weighted by Crippen LogP contribution is 2.32. The number of nitrogens with one attached hydrogen (secondary N) is 1. The molecular weight excluding hydrogens is 305 g/mol. The van der Waals surface area contributed by atoms with Crippen LogP contribution in [0.1, 0.15) is 17.8 Å². The van der Waals surface area contributed by atoms with E-state index in [9.17, 15) is 0 Å². The highest BCUT2D eigenvalue weighted by molar-refractivity contribution is 7.13. The van der Waals surface area contributed by atoms with Gasteiger partial charge in [-0.1, -0.05) is 39.6 Å². The molecule has 1 aliphatic rings. The summed E-state index contributed by atoms with van der Waals surface area (Å²) in [6.45, 7) is 0.736. The van der Waals surface area contributed by atoms with E-state index >= 15 is 0 Å². The van der Waals surface area contributed by atoms with Crippen LogP contribution in [-0.2, 0) is 6.54 Å². The van der Waals surface area contributed by atoms with Gasteiger partial charge in [0.1, 0.15) is 10.8 Å². The Morgan fingerprint density at radius 2 is 2.16 bits per heavy atom. The molecule has 2 aromatic rings. The van der Waals surface area contributed by atoms with Gasteiger partial charge in [-0.05, 0) is 31.0 Å². The summed E-state index contributed by atoms with van der Waals surface area (Å²) in [7, 11) is 0. The molecule has 1 aliphatic carbocycles. The highest BCUT2D eigenvalue weighted by Gasteiger charge is 2.20. The topological polar surface area (TPSA) is 47.0 Å². The van der Waals surface area contributed by atoms with Crippen LogP contribution >= 0.6 is 34.5 Å². The fourth-order valence-electron chi connectivity index (χ4n) is 1.52. The van der Waals surface area contributed by atoms with Crippen LogP contribution in [0.15, 0.2) is 18.2 Å². The van der Waals surface area contributed by atoms with Crippen molar-refractivity contribution in [1.29, 1.82) is 0 Å². The minimum Gasteiger partial charge on any atom is -0.428 e. The summed E-state index contributed by atoms with van der Waals surface area (Å²) < 4.78 is 5.59. The van der Waals surface area contributed by atoms with Crippen LogP contribution in [0.3, 0.4) is 0 Å². The van der Waals surface area contributed by atoms with Crippen LogP contribution in [0, 0.1) is 0 Å². The molecule has 1 fully saturated rings. The molecule has 0 saturated heterocycles. The summed E-state index contributed by atoms with van der Waals surface area (Å²) in [5.41, 5.74) is 0. The van der Waals surface area contributed by atoms with Gasteiger partial charge in [-0.2, -0.15) is 0 Å². The van der Waals surface area contributed by atoms with Gasteiger partial charge in [0.15, 0.2) is 0 Å². The van der Waals surface area contributed by atoms with E-state index in [0.717, 1.165) is 11.6 Å². The summed E-state index contributed by atoms with van der Waals surface area (Å²) in [6.07, 6.45) is 2.51. The summed E-state index contributed by atoms with van der Waals surface area (Å²) in [4.78, 5) is 0. The fourth-order valence-corrected chi connectivity index (χ4v) is 2.62. The van der Waals surface area contributed by atoms with E-state index in [2.05, 4.69) is 15.5 Å². The maximum absolute atomic E-state index is 6.03. The molecule has 1 heterocycles. The Morgan fingerprint density at radius 3 is 2.89 bits per heavy atom. The molecule has 1 saturated carbocycles. The Hall–Kier alpha value is -0.880. The van der Waals surface area contributed by atoms with Crippen molar-refractivity contribution < 1.29 is 4.74 Å². The van der Waals surface area contributed by atoms with E-state index in [1.54, 1.807) is 18.2 Å². The number of aromatic nitrogens is 2. The Labute approximate surface area is 124 Å². The minimum absolute atomic E-state index is 0.459. The van der Waals surface area contributed by atoms with Crippen LogP contribution < -0.4 is 10.1 Å². The molecule has 0 atom stereocenters. The molecule has 7 heteroatoms. The monoisotopic (exact) mass is 315 g/mol. The van der Waals surface area contributed by atoms with Gasteiger partial charge < -0.3 is 10.1 Å². The largest absolute Gasteiger partial charge is 0.428 e. The van der Waals surface area contributed by atoms with E-state index in [4.69, 9.17) is 27.9 Å². The molecule has 0 spiro atoms. The molecule has 0 amide bonds. The number of hydrogen-bond acceptors (Lipinski definition) is 5. The summed E-state index contributed by atoms with van der Waals surface area (Å²) in [5, 5.41) is 13.9. The van der Waals surface area contributed by atoms with Gasteiger partial charge in [-0.15, -0.1) is 5.10 Å². The van der Waals surface area contributed by atoms with Gasteiger partial charge in [-0.3, -0.25) is 0 Å². The van der Waals surface area contributed by atoms with E-state index in [0.29, 0.717) is 27.0 Å². The fraction of sp³-hybridized carbons (Fsp3) is 0.333. The first kappa shape index (κ1) is 13.1. The zero-order chi connectivity index (χ0) is 13.2. The third kappa shape index (κ3) is 3.57. The summed E-state index contributed by atoms with van der Waals surface area (Å²) in [5.74, 6) is 0.531. The summed E-state index contributed by atoms with van der Waals surface area (Å²) in [6, 6.07) is 5.72. The van der Waals surface area contributed by atoms with Gasteiger partial charge in [0.05, 0.1) is 11.6 Å². The standard InChI is InChI=1S/C12H11Cl2N3OS/c13-7-1-4-10(9(14)5-7)18-12-17-16-11(19-12)6-15-8-2-3-8/h1,4-5,8,15H,2-3,6H2. The number of ether oxygens (including phenoxy) is 1. The highest BCUT2D eigenvalue weighted by atomic mass is 35.5. The minimum atomic E-state index is 0.459. The SMILES string of the molecule is Clc1ccc(Oc2nnc(CNC3CC3)s2)c(Cl)c1. The molecule has 0 bridgehead atoms. The Bertz CT molecular complexity index is 586. The number of halogens is 2. The second-order valence-electron chi connectivity index (χ2n) is 4.29. The second kappa shape index (κ2) is 5.63. The van der Waals surface area contributed by atoms with Crippen molar-refractivity contribution >= 4 is 34.5 Å². The van der Waals surface area contributed by atoms with E-state index in [1.807, 2.05) is 0 Å². The van der Waals surface area contributed by atoms with E-state index < -0.39 is 0 Å². The average molecular weight is 316 g/mol. The number of hydrogen-bond donors (Lipinski definition) is 1. The smallest absolute Gasteiger partial charge is 0.299 e. The Balaban J connectivity index is 1.65. The molecule has 1 aromatic carbocycles. The normalized spacial score (nSPS) is 14.6. The molecule has 0 radical (unpaired) electrons. The Kier molecular flexibility index (Phi) is 3.88. The van der Waals surface area contributed by atoms with Crippen molar-refractivity contribution in [3.05, 3.63) is 33.3 Å². The quantitative estimate of drug-likeness (QED) is 0.909. The van der Waals surface area contributed by atoms with E-state index in [-0.39, 0.29) is 0 Å². The van der Waals surface area contributed by atoms with E-state index in [1.165, 1.54) is 24.2 Å². The molecule has 19 heavy (non-hydrogen) atoms. The third-order valence-electron chi connectivity index (χ3n) is 2.66. The molecule has 0 aliphatic heterocycles. The van der Waals surface area contributed by atoms with Crippen molar-refractivity contribution in [2.24, 2.45) is 0 Å². The van der Waals surface area contributed by atoms with Crippen molar-refractivity contribution in [2.75, 3.05) is 0 Å². The van der Waals surface area contributed by atoms with Gasteiger partial charge in [0.25, 0.3) is 5.19 Å². The van der Waals surface area contributed by atoms with Crippen LogP contribution in [0.5, 0.6) is 10.9 Å². The van der Waals surface area contributed by atoms with Crippen LogP contribution in [-0.4, -0.2) is 16.2 Å². The zero-order valence-corrected chi connectivity index (χ0v) is 12.2. The molecule has 1 N–H and O–H groups in total. The molecule has 0 unspecified atom stereocenters. The lowest BCUT2D eigenvalue weighted by Gasteiger charge is -2.03. The third-order valence-corrected chi connectivity index (χ3v) is 3.99. The van der Waals surface area contributed by atoms with Gasteiger partial charge in [-0.25, -0.2) is 0 Å². The molecular formula is C12H11Cl2N3OS. The van der Waals surface area contributed by atoms with Crippen molar-refractivity contribution in [2.45, 2.75) is 25.4 Å². The first-order chi connectivity index (χ1) is 9.20. The lowest BCUT2D eigenvalue weighted by atomic mass is 10.3. The maximum Gasteiger partial charge on any atom is 0.299 e. The zero-order valence-electron chi connectivity index (χ0n) is 9.90. The number of nitrogens with zero attached hydrogens (tertiary/aromatic N) is 2. The number of benzene rings is 1. The van der Waals surface area contributed by atoms with Crippen LogP contribution in [0.25, 0.3) is 0 Å². The lowest BCUT2D eigenvalue weighted by molar-refractivity contribution is 0.473. The molecule has 100 valence electrons. The molecule has 3 rings (SSSR count). The van der Waals surface area contributed by atoms with Gasteiger partial charge in [0, 0.05) is 11.1 Å².